The van der Waals surface area contributed by atoms with E-state index < -0.39 is 5.82 Å². The van der Waals surface area contributed by atoms with Crippen molar-refractivity contribution in [1.29, 1.82) is 0 Å². The summed E-state index contributed by atoms with van der Waals surface area (Å²) in [4.78, 5) is 19.0. The number of carbonyl (C=O) groups is 1. The van der Waals surface area contributed by atoms with Gasteiger partial charge in [-0.05, 0) is 36.4 Å². The van der Waals surface area contributed by atoms with Crippen molar-refractivity contribution in [3.63, 3.8) is 0 Å². The first kappa shape index (κ1) is 16.0. The van der Waals surface area contributed by atoms with Gasteiger partial charge in [-0.1, -0.05) is 36.4 Å². The summed E-state index contributed by atoms with van der Waals surface area (Å²) >= 11 is 0. The number of amides is 1. The highest BCUT2D eigenvalue weighted by Crippen LogP contribution is 2.21. The van der Waals surface area contributed by atoms with Crippen LogP contribution in [-0.4, -0.2) is 15.3 Å². The van der Waals surface area contributed by atoms with Crippen LogP contribution >= 0.6 is 0 Å². The van der Waals surface area contributed by atoms with Gasteiger partial charge in [0, 0.05) is 11.9 Å². The summed E-state index contributed by atoms with van der Waals surface area (Å²) in [5, 5.41) is 0. The lowest BCUT2D eigenvalue weighted by atomic mass is 10.1. The van der Waals surface area contributed by atoms with Crippen LogP contribution in [0.25, 0.3) is 5.65 Å². The zero-order valence-electron chi connectivity index (χ0n) is 13.9. The largest absolute Gasteiger partial charge is 0.302 e. The number of carbonyl (C=O) groups excluding carboxylic acids is 1. The van der Waals surface area contributed by atoms with Crippen molar-refractivity contribution < 1.29 is 9.18 Å². The minimum absolute atomic E-state index is 0.0465. The Morgan fingerprint density at radius 2 is 1.69 bits per heavy atom. The fourth-order valence-corrected chi connectivity index (χ4v) is 2.93. The maximum atomic E-state index is 14.2. The van der Waals surface area contributed by atoms with E-state index in [4.69, 9.17) is 0 Å². The quantitative estimate of drug-likeness (QED) is 0.552. The first-order valence-corrected chi connectivity index (χ1v) is 8.26. The number of pyridine rings is 1. The number of fused-ring (bicyclic) bond motifs is 1. The molecule has 0 radical (unpaired) electrons. The van der Waals surface area contributed by atoms with E-state index in [-0.39, 0.29) is 18.0 Å². The molecule has 0 fully saturated rings. The van der Waals surface area contributed by atoms with E-state index >= 15 is 0 Å². The fraction of sp³-hybridized carbons (Fsp3) is 0.0476. The minimum atomic E-state index is -0.531. The summed E-state index contributed by atoms with van der Waals surface area (Å²) in [5.74, 6) is -0.920. The van der Waals surface area contributed by atoms with E-state index in [2.05, 4.69) is 4.98 Å². The van der Waals surface area contributed by atoms with Crippen molar-refractivity contribution in [2.45, 2.75) is 6.54 Å². The third-order valence-electron chi connectivity index (χ3n) is 4.23. The second kappa shape index (κ2) is 6.80. The minimum Gasteiger partial charge on any atom is -0.302 e. The molecule has 0 N–H and O–H groups in total. The Kier molecular flexibility index (Phi) is 4.19. The monoisotopic (exact) mass is 345 g/mol. The molecule has 0 saturated carbocycles. The van der Waals surface area contributed by atoms with Crippen LogP contribution in [-0.2, 0) is 6.54 Å². The number of hydrogen-bond donors (Lipinski definition) is 0. The first-order valence-electron chi connectivity index (χ1n) is 8.26. The van der Waals surface area contributed by atoms with Gasteiger partial charge < -0.3 is 9.30 Å². The number of hydrogen-bond acceptors (Lipinski definition) is 2. The molecule has 0 bridgehead atoms. The van der Waals surface area contributed by atoms with Gasteiger partial charge in [0.15, 0.2) is 0 Å². The van der Waals surface area contributed by atoms with Crippen LogP contribution in [0.4, 0.5) is 10.1 Å². The first-order chi connectivity index (χ1) is 12.7. The van der Waals surface area contributed by atoms with Crippen LogP contribution in [0, 0.1) is 5.82 Å². The topological polar surface area (TPSA) is 37.6 Å². The molecule has 0 aliphatic heterocycles. The van der Waals surface area contributed by atoms with E-state index in [1.54, 1.807) is 23.2 Å². The highest BCUT2D eigenvalue weighted by atomic mass is 19.1. The van der Waals surface area contributed by atoms with Crippen LogP contribution in [0.2, 0.25) is 0 Å². The van der Waals surface area contributed by atoms with Crippen molar-refractivity contribution in [2.75, 3.05) is 4.90 Å². The summed E-state index contributed by atoms with van der Waals surface area (Å²) in [6.45, 7) is 0.280. The molecule has 0 spiro atoms. The van der Waals surface area contributed by atoms with Crippen LogP contribution in [0.15, 0.2) is 85.2 Å². The third-order valence-corrected chi connectivity index (χ3v) is 4.23. The third kappa shape index (κ3) is 2.95. The lowest BCUT2D eigenvalue weighted by molar-refractivity contribution is 0.0981. The Balaban J connectivity index is 1.77. The highest BCUT2D eigenvalue weighted by molar-refractivity contribution is 6.06. The number of rotatable bonds is 4. The normalized spacial score (nSPS) is 10.8. The summed E-state index contributed by atoms with van der Waals surface area (Å²) < 4.78 is 16.1. The van der Waals surface area contributed by atoms with Crippen molar-refractivity contribution in [1.82, 2.24) is 9.38 Å². The Morgan fingerprint density at radius 3 is 2.50 bits per heavy atom. The molecule has 4 nitrogen and oxygen atoms in total. The lowest BCUT2D eigenvalue weighted by Gasteiger charge is -2.23. The molecule has 5 heteroatoms. The Labute approximate surface area is 150 Å². The predicted octanol–water partition coefficient (Wildman–Crippen LogP) is 4.32. The van der Waals surface area contributed by atoms with Crippen LogP contribution in [0.1, 0.15) is 16.1 Å². The van der Waals surface area contributed by atoms with Gasteiger partial charge in [0.05, 0.1) is 24.0 Å². The molecule has 4 rings (SSSR count). The number of benzene rings is 2. The smallest absolute Gasteiger partial charge is 0.261 e. The molecule has 0 saturated heterocycles. The maximum Gasteiger partial charge on any atom is 0.261 e. The molecule has 4 aromatic rings. The van der Waals surface area contributed by atoms with E-state index in [0.717, 1.165) is 11.3 Å². The van der Waals surface area contributed by atoms with Crippen LogP contribution in [0.3, 0.4) is 0 Å². The molecule has 0 aliphatic carbocycles. The zero-order valence-corrected chi connectivity index (χ0v) is 13.9. The number of nitrogens with zero attached hydrogens (tertiary/aromatic N) is 3. The average Bonchev–Trinajstić information content (AvgIpc) is 3.10. The van der Waals surface area contributed by atoms with E-state index in [0.29, 0.717) is 5.69 Å². The van der Waals surface area contributed by atoms with Crippen molar-refractivity contribution in [3.05, 3.63) is 102 Å². The van der Waals surface area contributed by atoms with Crippen LogP contribution < -0.4 is 4.90 Å². The van der Waals surface area contributed by atoms with Crippen molar-refractivity contribution >= 4 is 17.2 Å². The molecule has 2 heterocycles. The molecular weight excluding hydrogens is 329 g/mol. The standard InChI is InChI=1S/C21H16FN3O/c22-19-11-5-4-10-18(19)21(26)25(16-8-2-1-3-9-16)15-17-14-23-20-12-6-7-13-24(17)20/h1-14H,15H2. The second-order valence-corrected chi connectivity index (χ2v) is 5.89. The molecule has 128 valence electrons. The van der Waals surface area contributed by atoms with E-state index in [1.807, 2.05) is 59.1 Å². The van der Waals surface area contributed by atoms with Crippen molar-refractivity contribution in [3.8, 4) is 0 Å². The van der Waals surface area contributed by atoms with Crippen molar-refractivity contribution in [2.24, 2.45) is 0 Å². The van der Waals surface area contributed by atoms with Gasteiger partial charge in [0.25, 0.3) is 5.91 Å². The summed E-state index contributed by atoms with van der Waals surface area (Å²) in [5.41, 5.74) is 2.39. The molecule has 2 aromatic carbocycles. The van der Waals surface area contributed by atoms with Gasteiger partial charge >= 0.3 is 0 Å². The highest BCUT2D eigenvalue weighted by Gasteiger charge is 2.22. The number of imidazole rings is 1. The second-order valence-electron chi connectivity index (χ2n) is 5.89. The Hall–Kier alpha value is -3.47. The summed E-state index contributed by atoms with van der Waals surface area (Å²) in [6.07, 6.45) is 3.63. The molecule has 2 aromatic heterocycles. The fourth-order valence-electron chi connectivity index (χ4n) is 2.93. The molecule has 0 aliphatic rings. The van der Waals surface area contributed by atoms with Gasteiger partial charge in [-0.15, -0.1) is 0 Å². The molecule has 1 amide bonds. The van der Waals surface area contributed by atoms with Gasteiger partial charge in [0.2, 0.25) is 0 Å². The van der Waals surface area contributed by atoms with Crippen LogP contribution in [0.5, 0.6) is 0 Å². The SMILES string of the molecule is O=C(c1ccccc1F)N(Cc1cnc2ccccn12)c1ccccc1. The molecular formula is C21H16FN3O. The maximum absolute atomic E-state index is 14.2. The number of anilines is 1. The molecule has 26 heavy (non-hydrogen) atoms. The summed E-state index contributed by atoms with van der Waals surface area (Å²) in [7, 11) is 0. The van der Waals surface area contributed by atoms with Gasteiger partial charge in [0.1, 0.15) is 11.5 Å². The number of halogens is 1. The van der Waals surface area contributed by atoms with Gasteiger partial charge in [-0.25, -0.2) is 9.37 Å². The zero-order chi connectivity index (χ0) is 17.9. The van der Waals surface area contributed by atoms with Gasteiger partial charge in [-0.3, -0.25) is 4.79 Å². The predicted molar refractivity (Wildman–Crippen MR) is 98.5 cm³/mol. The molecule has 0 unspecified atom stereocenters. The number of para-hydroxylation sites is 1. The van der Waals surface area contributed by atoms with Gasteiger partial charge in [-0.2, -0.15) is 0 Å². The summed E-state index contributed by atoms with van der Waals surface area (Å²) in [6, 6.07) is 21.0. The van der Waals surface area contributed by atoms with E-state index in [1.165, 1.54) is 12.1 Å². The van der Waals surface area contributed by atoms with E-state index in [9.17, 15) is 9.18 Å². The number of aromatic nitrogens is 2. The Morgan fingerprint density at radius 1 is 0.962 bits per heavy atom. The molecule has 0 atom stereocenters. The lowest BCUT2D eigenvalue weighted by Crippen LogP contribution is -2.31. The Bertz CT molecular complexity index is 1060. The average molecular weight is 345 g/mol.